The van der Waals surface area contributed by atoms with Crippen LogP contribution in [0.1, 0.15) is 75.6 Å². The second-order valence-corrected chi connectivity index (χ2v) is 10.00. The van der Waals surface area contributed by atoms with E-state index >= 15 is 0 Å². The molecule has 2 aliphatic rings. The quantitative estimate of drug-likeness (QED) is 0.598. The lowest BCUT2D eigenvalue weighted by Crippen LogP contribution is -2.32. The summed E-state index contributed by atoms with van der Waals surface area (Å²) in [6, 6.07) is 2.07. The minimum atomic E-state index is -2.49. The van der Waals surface area contributed by atoms with E-state index in [9.17, 15) is 13.3 Å². The molecule has 0 amide bonds. The summed E-state index contributed by atoms with van der Waals surface area (Å²) in [5, 5.41) is 4.51. The predicted octanol–water partition coefficient (Wildman–Crippen LogP) is 4.60. The Morgan fingerprint density at radius 1 is 1.31 bits per heavy atom. The molecule has 2 unspecified atom stereocenters. The van der Waals surface area contributed by atoms with Crippen LogP contribution in [0.5, 0.6) is 0 Å². The molecule has 4 rings (SSSR count). The molecule has 5 nitrogen and oxygen atoms in total. The second kappa shape index (κ2) is 8.86. The number of alkyl halides is 2. The maximum atomic E-state index is 13.4. The molecule has 8 heteroatoms. The summed E-state index contributed by atoms with van der Waals surface area (Å²) in [4.78, 5) is 4.70. The van der Waals surface area contributed by atoms with Crippen molar-refractivity contribution in [2.75, 3.05) is 5.75 Å². The van der Waals surface area contributed by atoms with Gasteiger partial charge in [-0.05, 0) is 62.0 Å². The lowest BCUT2D eigenvalue weighted by atomic mass is 9.84. The smallest absolute Gasteiger partial charge is 0.248 e. The summed E-state index contributed by atoms with van der Waals surface area (Å²) < 4.78 is 44.2. The second-order valence-electron chi connectivity index (χ2n) is 8.66. The first kappa shape index (κ1) is 21.0. The van der Waals surface area contributed by atoms with Gasteiger partial charge in [0.25, 0.3) is 0 Å². The molecule has 2 fully saturated rings. The van der Waals surface area contributed by atoms with Crippen LogP contribution in [0.3, 0.4) is 0 Å². The minimum absolute atomic E-state index is 0.0165. The van der Waals surface area contributed by atoms with Gasteiger partial charge in [0, 0.05) is 24.2 Å². The highest BCUT2D eigenvalue weighted by Crippen LogP contribution is 2.41. The number of hydrogen-bond acceptors (Lipinski definition) is 4. The van der Waals surface area contributed by atoms with E-state index in [1.54, 1.807) is 4.52 Å². The van der Waals surface area contributed by atoms with Crippen LogP contribution < -0.4 is 4.72 Å². The van der Waals surface area contributed by atoms with Gasteiger partial charge in [-0.3, -0.25) is 0 Å². The number of imidazole rings is 1. The summed E-state index contributed by atoms with van der Waals surface area (Å²) in [6.45, 7) is 2.10. The number of hydrogen-bond donors (Lipinski definition) is 1. The number of aromatic nitrogens is 3. The van der Waals surface area contributed by atoms with Crippen LogP contribution in [0.15, 0.2) is 18.5 Å². The zero-order chi connectivity index (χ0) is 20.4. The summed E-state index contributed by atoms with van der Waals surface area (Å²) in [7, 11) is 0. The zero-order valence-electron chi connectivity index (χ0n) is 16.9. The van der Waals surface area contributed by atoms with Crippen LogP contribution in [-0.2, 0) is 17.8 Å². The molecule has 0 aromatic carbocycles. The average Bonchev–Trinajstić information content (AvgIpc) is 3.45. The Kier molecular flexibility index (Phi) is 6.41. The fourth-order valence-electron chi connectivity index (χ4n) is 4.15. The Bertz CT molecular complexity index is 816. The Morgan fingerprint density at radius 2 is 2.07 bits per heavy atom. The van der Waals surface area contributed by atoms with Crippen molar-refractivity contribution in [2.24, 2.45) is 11.8 Å². The van der Waals surface area contributed by atoms with E-state index in [1.165, 1.54) is 0 Å². The fraction of sp³-hybridized carbons (Fsp3) is 0.714. The van der Waals surface area contributed by atoms with Crippen LogP contribution in [-0.4, -0.2) is 30.8 Å². The van der Waals surface area contributed by atoms with Gasteiger partial charge in [-0.15, -0.1) is 4.72 Å². The molecule has 160 valence electrons. The highest BCUT2D eigenvalue weighted by atomic mass is 32.2. The minimum Gasteiger partial charge on any atom is -0.598 e. The van der Waals surface area contributed by atoms with E-state index in [0.29, 0.717) is 24.5 Å². The first-order chi connectivity index (χ1) is 13.9. The van der Waals surface area contributed by atoms with Crippen molar-refractivity contribution in [3.05, 3.63) is 29.7 Å². The first-order valence-electron chi connectivity index (χ1n) is 10.8. The van der Waals surface area contributed by atoms with E-state index in [2.05, 4.69) is 16.7 Å². The molecule has 0 aliphatic heterocycles. The van der Waals surface area contributed by atoms with E-state index in [0.717, 1.165) is 49.0 Å². The Labute approximate surface area is 174 Å². The van der Waals surface area contributed by atoms with Gasteiger partial charge in [0.15, 0.2) is 5.65 Å². The molecule has 2 aromatic rings. The van der Waals surface area contributed by atoms with Crippen molar-refractivity contribution in [3.63, 3.8) is 0 Å². The number of unbranched alkanes of at least 4 members (excludes halogenated alkanes) is 1. The normalized spacial score (nSPS) is 22.1. The van der Waals surface area contributed by atoms with Crippen LogP contribution in [0, 0.1) is 11.8 Å². The Hall–Kier alpha value is -1.25. The van der Waals surface area contributed by atoms with E-state index in [4.69, 9.17) is 4.98 Å². The fourth-order valence-corrected chi connectivity index (χ4v) is 5.43. The number of fused-ring (bicyclic) bond motifs is 1. The highest BCUT2D eigenvalue weighted by Gasteiger charge is 2.36. The molecule has 0 radical (unpaired) electrons. The number of halogens is 2. The SMILES string of the molecule is CCCC[S+]([O-])NC(c1cnn2cc(CC3CCC(F)(F)CC3)nc2c1)C1CC1. The molecule has 2 aliphatic carbocycles. The lowest BCUT2D eigenvalue weighted by molar-refractivity contribution is -0.0457. The van der Waals surface area contributed by atoms with Crippen molar-refractivity contribution >= 4 is 17.0 Å². The maximum absolute atomic E-state index is 13.4. The molecule has 0 bridgehead atoms. The van der Waals surface area contributed by atoms with Crippen molar-refractivity contribution < 1.29 is 13.3 Å². The maximum Gasteiger partial charge on any atom is 0.248 e. The highest BCUT2D eigenvalue weighted by molar-refractivity contribution is 7.89. The van der Waals surface area contributed by atoms with Crippen molar-refractivity contribution in [1.29, 1.82) is 0 Å². The summed E-state index contributed by atoms with van der Waals surface area (Å²) in [5.74, 6) is -1.05. The summed E-state index contributed by atoms with van der Waals surface area (Å²) in [5.41, 5.74) is 2.71. The average molecular weight is 425 g/mol. The summed E-state index contributed by atoms with van der Waals surface area (Å²) in [6.07, 6.45) is 9.80. The molecule has 0 spiro atoms. The third-order valence-corrected chi connectivity index (χ3v) is 7.30. The topological polar surface area (TPSA) is 65.3 Å². The molecule has 2 saturated carbocycles. The molecule has 0 saturated heterocycles. The molecule has 2 atom stereocenters. The van der Waals surface area contributed by atoms with E-state index in [-0.39, 0.29) is 24.8 Å². The van der Waals surface area contributed by atoms with E-state index in [1.807, 2.05) is 18.5 Å². The number of nitrogens with zero attached hydrogens (tertiary/aromatic N) is 3. The van der Waals surface area contributed by atoms with Gasteiger partial charge < -0.3 is 4.55 Å². The van der Waals surface area contributed by atoms with Crippen molar-refractivity contribution in [1.82, 2.24) is 19.3 Å². The largest absolute Gasteiger partial charge is 0.598 e. The van der Waals surface area contributed by atoms with Gasteiger partial charge in [-0.2, -0.15) is 5.10 Å². The van der Waals surface area contributed by atoms with Gasteiger partial charge >= 0.3 is 0 Å². The molecule has 2 heterocycles. The summed E-state index contributed by atoms with van der Waals surface area (Å²) >= 11 is -1.04. The molecule has 2 aromatic heterocycles. The van der Waals surface area contributed by atoms with Crippen LogP contribution in [0.2, 0.25) is 0 Å². The van der Waals surface area contributed by atoms with Crippen molar-refractivity contribution in [2.45, 2.75) is 76.7 Å². The van der Waals surface area contributed by atoms with Gasteiger partial charge in [0.1, 0.15) is 5.75 Å². The Morgan fingerprint density at radius 3 is 2.76 bits per heavy atom. The molecule has 29 heavy (non-hydrogen) atoms. The monoisotopic (exact) mass is 424 g/mol. The van der Waals surface area contributed by atoms with Crippen LogP contribution in [0.4, 0.5) is 8.78 Å². The number of nitrogens with one attached hydrogen (secondary N) is 1. The molecule has 1 N–H and O–H groups in total. The first-order valence-corrected chi connectivity index (χ1v) is 12.1. The van der Waals surface area contributed by atoms with Gasteiger partial charge in [0.2, 0.25) is 5.92 Å². The van der Waals surface area contributed by atoms with Gasteiger partial charge in [-0.1, -0.05) is 13.3 Å². The third kappa shape index (κ3) is 5.47. The molecular weight excluding hydrogens is 394 g/mol. The van der Waals surface area contributed by atoms with Crippen LogP contribution in [0.25, 0.3) is 5.65 Å². The molecular formula is C21H30F2N4OS. The Balaban J connectivity index is 1.44. The van der Waals surface area contributed by atoms with Crippen molar-refractivity contribution in [3.8, 4) is 0 Å². The van der Waals surface area contributed by atoms with Gasteiger partial charge in [-0.25, -0.2) is 18.3 Å². The lowest BCUT2D eigenvalue weighted by Gasteiger charge is -2.27. The van der Waals surface area contributed by atoms with Crippen LogP contribution >= 0.6 is 0 Å². The number of rotatable bonds is 9. The predicted molar refractivity (Wildman–Crippen MR) is 110 cm³/mol. The van der Waals surface area contributed by atoms with E-state index < -0.39 is 17.3 Å². The zero-order valence-corrected chi connectivity index (χ0v) is 17.8. The third-order valence-electron chi connectivity index (χ3n) is 6.12. The van der Waals surface area contributed by atoms with Gasteiger partial charge in [0.05, 0.1) is 24.1 Å². The standard InChI is InChI=1S/C21H30F2N4OS/c1-2-3-10-29(28)26-20(16-4-5-16)17-12-19-25-18(14-27(19)24-13-17)11-15-6-8-21(22,23)9-7-15/h12-16,20,26H,2-11H2,1H3.